The van der Waals surface area contributed by atoms with Gasteiger partial charge in [-0.15, -0.1) is 0 Å². The fourth-order valence-electron chi connectivity index (χ4n) is 8.00. The van der Waals surface area contributed by atoms with Crippen molar-refractivity contribution >= 4 is 6.09 Å². The largest absolute Gasteiger partial charge is 0.445 e. The Labute approximate surface area is 338 Å². The number of ether oxygens (including phenoxy) is 3. The van der Waals surface area contributed by atoms with Crippen LogP contribution >= 0.6 is 0 Å². The van der Waals surface area contributed by atoms with Gasteiger partial charge >= 0.3 is 6.09 Å². The average molecular weight is 760 g/mol. The fraction of sp³-hybridized carbons (Fsp3) is 0.700. The Hall–Kier alpha value is -2.63. The van der Waals surface area contributed by atoms with E-state index in [0.717, 1.165) is 56.9 Å². The first-order valence-corrected chi connectivity index (χ1v) is 23.0. The van der Waals surface area contributed by atoms with Gasteiger partial charge in [-0.1, -0.05) is 163 Å². The van der Waals surface area contributed by atoms with Crippen LogP contribution in [0.25, 0.3) is 0 Å². The summed E-state index contributed by atoms with van der Waals surface area (Å²) >= 11 is 0. The Balaban J connectivity index is 1.34. The van der Waals surface area contributed by atoms with Crippen molar-refractivity contribution in [1.29, 1.82) is 0 Å². The maximum Gasteiger partial charge on any atom is 0.410 e. The summed E-state index contributed by atoms with van der Waals surface area (Å²) in [5.41, 5.74) is 1.00. The Bertz CT molecular complexity index is 1190. The van der Waals surface area contributed by atoms with Crippen LogP contribution in [0, 0.1) is 0 Å². The van der Waals surface area contributed by atoms with Gasteiger partial charge < -0.3 is 19.1 Å². The van der Waals surface area contributed by atoms with E-state index in [4.69, 9.17) is 14.2 Å². The van der Waals surface area contributed by atoms with Crippen molar-refractivity contribution in [3.8, 4) is 0 Å². The second-order valence-electron chi connectivity index (χ2n) is 16.3. The van der Waals surface area contributed by atoms with Crippen molar-refractivity contribution in [1.82, 2.24) is 4.90 Å². The zero-order valence-corrected chi connectivity index (χ0v) is 35.6. The van der Waals surface area contributed by atoms with Crippen LogP contribution in [0.15, 0.2) is 78.9 Å². The smallest absolute Gasteiger partial charge is 0.410 e. The van der Waals surface area contributed by atoms with Gasteiger partial charge in [-0.25, -0.2) is 4.79 Å². The number of fused-ring (bicyclic) bond motifs is 1. The topological polar surface area (TPSA) is 48.0 Å². The molecule has 1 aliphatic heterocycles. The van der Waals surface area contributed by atoms with Crippen LogP contribution in [0.2, 0.25) is 0 Å². The summed E-state index contributed by atoms with van der Waals surface area (Å²) in [5.74, 6) is -0.464. The van der Waals surface area contributed by atoms with E-state index in [0.29, 0.717) is 6.61 Å². The summed E-state index contributed by atoms with van der Waals surface area (Å²) in [6, 6.07) is 9.96. The lowest BCUT2D eigenvalue weighted by molar-refractivity contribution is -0.192. The molecule has 55 heavy (non-hydrogen) atoms. The molecule has 310 valence electrons. The quantitative estimate of drug-likeness (QED) is 0.0542. The first-order chi connectivity index (χ1) is 27.1. The van der Waals surface area contributed by atoms with Crippen LogP contribution in [0.5, 0.6) is 0 Å². The van der Waals surface area contributed by atoms with E-state index >= 15 is 0 Å². The van der Waals surface area contributed by atoms with Gasteiger partial charge in [-0.2, -0.15) is 0 Å². The Morgan fingerprint density at radius 1 is 0.618 bits per heavy atom. The highest BCUT2D eigenvalue weighted by molar-refractivity contribution is 5.67. The zero-order chi connectivity index (χ0) is 39.1. The molecule has 1 aromatic rings. The maximum absolute atomic E-state index is 12.9. The summed E-state index contributed by atoms with van der Waals surface area (Å²) in [7, 11) is 1.86. The molecule has 1 amide bonds. The zero-order valence-electron chi connectivity index (χ0n) is 35.6. The van der Waals surface area contributed by atoms with E-state index in [2.05, 4.69) is 62.5 Å². The van der Waals surface area contributed by atoms with E-state index in [1.54, 1.807) is 4.90 Å². The first-order valence-electron chi connectivity index (χ1n) is 23.0. The average Bonchev–Trinajstić information content (AvgIpc) is 3.75. The molecule has 0 bridgehead atoms. The van der Waals surface area contributed by atoms with Gasteiger partial charge in [-0.3, -0.25) is 0 Å². The number of carbonyl (C=O) groups excluding carboxylic acids is 1. The van der Waals surface area contributed by atoms with Crippen LogP contribution in [-0.4, -0.2) is 42.1 Å². The van der Waals surface area contributed by atoms with Crippen LogP contribution in [0.1, 0.15) is 193 Å². The molecule has 1 saturated heterocycles. The van der Waals surface area contributed by atoms with Crippen molar-refractivity contribution in [3.63, 3.8) is 0 Å². The molecule has 5 heteroatoms. The predicted molar refractivity (Wildman–Crippen MR) is 233 cm³/mol. The lowest BCUT2D eigenvalue weighted by Crippen LogP contribution is -2.38. The predicted octanol–water partition coefficient (Wildman–Crippen LogP) is 14.9. The first kappa shape index (κ1) is 46.8. The molecule has 5 nitrogen and oxygen atoms in total. The van der Waals surface area contributed by atoms with Gasteiger partial charge in [0.2, 0.25) is 0 Å². The number of benzene rings is 1. The molecule has 2 fully saturated rings. The van der Waals surface area contributed by atoms with Crippen LogP contribution in [0.3, 0.4) is 0 Å². The van der Waals surface area contributed by atoms with Crippen molar-refractivity contribution in [3.05, 3.63) is 84.5 Å². The lowest BCUT2D eigenvalue weighted by atomic mass is 9.98. The third-order valence-electron chi connectivity index (χ3n) is 11.5. The molecule has 1 aromatic carbocycles. The maximum atomic E-state index is 12.9. The molecule has 1 heterocycles. The van der Waals surface area contributed by atoms with Crippen LogP contribution in [0.4, 0.5) is 4.79 Å². The Morgan fingerprint density at radius 3 is 1.49 bits per heavy atom. The van der Waals surface area contributed by atoms with E-state index in [1.807, 2.05) is 37.4 Å². The number of hydrogen-bond acceptors (Lipinski definition) is 4. The monoisotopic (exact) mass is 760 g/mol. The molecule has 2 aliphatic rings. The van der Waals surface area contributed by atoms with Gasteiger partial charge in [0.05, 0.1) is 12.2 Å². The van der Waals surface area contributed by atoms with Gasteiger partial charge in [0.1, 0.15) is 6.61 Å². The van der Waals surface area contributed by atoms with Crippen molar-refractivity contribution in [2.75, 3.05) is 7.05 Å². The minimum atomic E-state index is -0.464. The number of hydrogen-bond donors (Lipinski definition) is 0. The molecular weight excluding hydrogens is 679 g/mol. The highest BCUT2D eigenvalue weighted by Crippen LogP contribution is 2.45. The van der Waals surface area contributed by atoms with E-state index in [1.165, 1.54) is 122 Å². The summed E-state index contributed by atoms with van der Waals surface area (Å²) in [6.45, 7) is 4.82. The van der Waals surface area contributed by atoms with Crippen LogP contribution < -0.4 is 0 Å². The van der Waals surface area contributed by atoms with Crippen LogP contribution in [-0.2, 0) is 20.8 Å². The number of nitrogens with zero attached hydrogens (tertiary/aromatic N) is 1. The van der Waals surface area contributed by atoms with E-state index < -0.39 is 5.79 Å². The minimum Gasteiger partial charge on any atom is -0.445 e. The van der Waals surface area contributed by atoms with Crippen molar-refractivity contribution in [2.24, 2.45) is 0 Å². The van der Waals surface area contributed by atoms with Crippen molar-refractivity contribution < 1.29 is 19.0 Å². The summed E-state index contributed by atoms with van der Waals surface area (Å²) in [6.07, 6.45) is 50.9. The third-order valence-corrected chi connectivity index (χ3v) is 11.5. The number of rotatable bonds is 32. The summed E-state index contributed by atoms with van der Waals surface area (Å²) in [4.78, 5) is 14.7. The van der Waals surface area contributed by atoms with E-state index in [9.17, 15) is 4.79 Å². The number of amides is 1. The Kier molecular flexibility index (Phi) is 25.9. The summed E-state index contributed by atoms with van der Waals surface area (Å²) in [5, 5.41) is 0. The van der Waals surface area contributed by atoms with Crippen molar-refractivity contribution in [2.45, 2.75) is 218 Å². The molecule has 1 unspecified atom stereocenters. The van der Waals surface area contributed by atoms with Gasteiger partial charge in [0.25, 0.3) is 0 Å². The molecule has 3 rings (SSSR count). The molecule has 4 atom stereocenters. The number of allylic oxidation sites excluding steroid dienone is 8. The summed E-state index contributed by atoms with van der Waals surface area (Å²) < 4.78 is 19.4. The molecule has 0 aromatic heterocycles. The SMILES string of the molecule is CCCCC/C=C\C/C=C\CCCCCCCCC1(CCCCCCC/C=C\C/C=C\CCCCC)O[C@H]2C[C@H](N(C)C(=O)OCc3ccccc3)C[C@H]2O1. The fourth-order valence-corrected chi connectivity index (χ4v) is 8.00. The molecule has 0 spiro atoms. The highest BCUT2D eigenvalue weighted by atomic mass is 16.8. The molecule has 1 aliphatic carbocycles. The third kappa shape index (κ3) is 20.9. The number of carbonyl (C=O) groups is 1. The van der Waals surface area contributed by atoms with Gasteiger partial charge in [0.15, 0.2) is 5.79 Å². The standard InChI is InChI=1S/C50H81NO4/c1-4-6-8-10-12-14-16-18-20-22-24-26-28-30-32-37-41-50(40-36-31-29-27-25-23-21-19-17-15-13-11-9-7-5-2)54-47-42-46(43-48(47)55-50)51(3)49(52)53-44-45-38-34-33-35-39-45/h12-15,18-21,33-35,38-39,46-48H,4-11,16-17,22-32,36-37,40-44H2,1-3H3/b14-12-,15-13-,20-18-,21-19-/t46-,47-,48+,50?. The second kappa shape index (κ2) is 30.5. The minimum absolute atomic E-state index is 0.0527. The molecule has 0 radical (unpaired) electrons. The van der Waals surface area contributed by atoms with E-state index in [-0.39, 0.29) is 24.3 Å². The highest BCUT2D eigenvalue weighted by Gasteiger charge is 2.52. The lowest BCUT2D eigenvalue weighted by Gasteiger charge is -2.31. The normalized spacial score (nSPS) is 21.2. The second-order valence-corrected chi connectivity index (χ2v) is 16.3. The molecule has 1 saturated carbocycles. The number of unbranched alkanes of at least 4 members (excludes halogenated alkanes) is 17. The van der Waals surface area contributed by atoms with Gasteiger partial charge in [0, 0.05) is 25.9 Å². The molecule has 0 N–H and O–H groups in total. The Morgan fingerprint density at radius 2 is 1.04 bits per heavy atom. The molecular formula is C50H81NO4. The van der Waals surface area contributed by atoms with Gasteiger partial charge in [-0.05, 0) is 95.5 Å².